The second kappa shape index (κ2) is 12.7. The monoisotopic (exact) mass is 511 g/mol. The van der Waals surface area contributed by atoms with Crippen LogP contribution in [-0.4, -0.2) is 47.7 Å². The third-order valence-corrected chi connectivity index (χ3v) is 5.80. The van der Waals surface area contributed by atoms with Crippen molar-refractivity contribution >= 4 is 18.0 Å². The molecule has 2 aromatic carbocycles. The molecule has 1 amide bonds. The van der Waals surface area contributed by atoms with E-state index in [-0.39, 0.29) is 12.0 Å². The summed E-state index contributed by atoms with van der Waals surface area (Å²) in [6.07, 6.45) is -0.937. The number of esters is 2. The molecule has 7 heteroatoms. The SMILES string of the molecule is C[C@@H](OC(=O)[C@H](CCc1ccc(C(C)(C)C)cc1)N(C)C(=O)OC(C)(C)C)C(=O)OCc1ccccc1. The number of carbonyl (C=O) groups is 3. The maximum absolute atomic E-state index is 13.2. The number of hydrogen-bond donors (Lipinski definition) is 0. The molecule has 0 saturated heterocycles. The van der Waals surface area contributed by atoms with Crippen LogP contribution in [0.2, 0.25) is 0 Å². The molecule has 0 aliphatic carbocycles. The summed E-state index contributed by atoms with van der Waals surface area (Å²) >= 11 is 0. The van der Waals surface area contributed by atoms with Gasteiger partial charge >= 0.3 is 18.0 Å². The van der Waals surface area contributed by atoms with E-state index in [0.29, 0.717) is 12.8 Å². The Morgan fingerprint density at radius 3 is 1.97 bits per heavy atom. The summed E-state index contributed by atoms with van der Waals surface area (Å²) in [7, 11) is 1.50. The van der Waals surface area contributed by atoms with Crippen LogP contribution in [0.1, 0.15) is 71.6 Å². The quantitative estimate of drug-likeness (QED) is 0.311. The highest BCUT2D eigenvalue weighted by atomic mass is 16.6. The third-order valence-electron chi connectivity index (χ3n) is 5.80. The normalized spacial score (nSPS) is 13.3. The second-order valence-corrected chi connectivity index (χ2v) is 11.3. The molecule has 0 saturated carbocycles. The van der Waals surface area contributed by atoms with Crippen molar-refractivity contribution in [1.82, 2.24) is 4.90 Å². The lowest BCUT2D eigenvalue weighted by Crippen LogP contribution is -2.47. The van der Waals surface area contributed by atoms with Crippen LogP contribution >= 0.6 is 0 Å². The summed E-state index contributed by atoms with van der Waals surface area (Å²) in [5.41, 5.74) is 2.37. The summed E-state index contributed by atoms with van der Waals surface area (Å²) in [6.45, 7) is 13.3. The zero-order valence-electron chi connectivity index (χ0n) is 23.4. The van der Waals surface area contributed by atoms with Crippen LogP contribution in [0.25, 0.3) is 0 Å². The van der Waals surface area contributed by atoms with Gasteiger partial charge in [0.05, 0.1) is 0 Å². The van der Waals surface area contributed by atoms with Crippen LogP contribution in [0, 0.1) is 0 Å². The lowest BCUT2D eigenvalue weighted by atomic mass is 9.86. The van der Waals surface area contributed by atoms with Crippen molar-refractivity contribution in [1.29, 1.82) is 0 Å². The molecular formula is C30H41NO6. The van der Waals surface area contributed by atoms with E-state index in [1.807, 2.05) is 42.5 Å². The summed E-state index contributed by atoms with van der Waals surface area (Å²) in [6, 6.07) is 16.5. The number of likely N-dealkylation sites (N-methyl/N-ethyl adjacent to an activating group) is 1. The van der Waals surface area contributed by atoms with E-state index in [2.05, 4.69) is 32.9 Å². The van der Waals surface area contributed by atoms with Crippen LogP contribution in [0.4, 0.5) is 4.79 Å². The molecule has 202 valence electrons. The summed E-state index contributed by atoms with van der Waals surface area (Å²) < 4.78 is 16.2. The van der Waals surface area contributed by atoms with E-state index in [1.165, 1.54) is 24.4 Å². The maximum Gasteiger partial charge on any atom is 0.410 e. The average Bonchev–Trinajstić information content (AvgIpc) is 2.81. The van der Waals surface area contributed by atoms with Crippen LogP contribution < -0.4 is 0 Å². The van der Waals surface area contributed by atoms with Crippen molar-refractivity contribution in [2.45, 2.75) is 91.1 Å². The Kier molecular flexibility index (Phi) is 10.3. The molecule has 0 aliphatic rings. The van der Waals surface area contributed by atoms with Gasteiger partial charge in [-0.2, -0.15) is 0 Å². The van der Waals surface area contributed by atoms with Gasteiger partial charge in [-0.05, 0) is 62.6 Å². The Morgan fingerprint density at radius 1 is 0.838 bits per heavy atom. The second-order valence-electron chi connectivity index (χ2n) is 11.3. The highest BCUT2D eigenvalue weighted by Crippen LogP contribution is 2.23. The van der Waals surface area contributed by atoms with Gasteiger partial charge in [-0.25, -0.2) is 14.4 Å². The Morgan fingerprint density at radius 2 is 1.43 bits per heavy atom. The molecule has 0 fully saturated rings. The minimum Gasteiger partial charge on any atom is -0.458 e. The molecule has 0 bridgehead atoms. The number of ether oxygens (including phenoxy) is 3. The van der Waals surface area contributed by atoms with E-state index >= 15 is 0 Å². The topological polar surface area (TPSA) is 82.1 Å². The molecule has 0 aromatic heterocycles. The molecule has 0 heterocycles. The van der Waals surface area contributed by atoms with Crippen molar-refractivity contribution < 1.29 is 28.6 Å². The van der Waals surface area contributed by atoms with Crippen molar-refractivity contribution in [3.05, 3.63) is 71.3 Å². The Labute approximate surface area is 221 Å². The van der Waals surface area contributed by atoms with Gasteiger partial charge in [0, 0.05) is 7.05 Å². The van der Waals surface area contributed by atoms with Crippen LogP contribution in [0.5, 0.6) is 0 Å². The van der Waals surface area contributed by atoms with Gasteiger partial charge in [0.1, 0.15) is 18.2 Å². The smallest absolute Gasteiger partial charge is 0.410 e. The number of aryl methyl sites for hydroxylation is 1. The Hall–Kier alpha value is -3.35. The number of hydrogen-bond acceptors (Lipinski definition) is 6. The van der Waals surface area contributed by atoms with Crippen molar-refractivity contribution in [3.63, 3.8) is 0 Å². The first kappa shape index (κ1) is 29.9. The third kappa shape index (κ3) is 9.90. The molecule has 0 radical (unpaired) electrons. The highest BCUT2D eigenvalue weighted by molar-refractivity contribution is 5.84. The maximum atomic E-state index is 13.2. The standard InChI is InChI=1S/C30H41NO6/c1-21(26(32)35-20-23-12-10-9-11-13-23)36-27(33)25(31(8)28(34)37-30(5,6)7)19-16-22-14-17-24(18-15-22)29(2,3)4/h9-15,17-18,21,25H,16,19-20H2,1-8H3/t21-,25+/m1/s1. The molecule has 0 N–H and O–H groups in total. The van der Waals surface area contributed by atoms with Crippen LogP contribution in [-0.2, 0) is 42.2 Å². The molecule has 2 aromatic rings. The van der Waals surface area contributed by atoms with Gasteiger partial charge in [0.15, 0.2) is 6.10 Å². The number of carbonyl (C=O) groups excluding carboxylic acids is 3. The Bertz CT molecular complexity index is 1030. The van der Waals surface area contributed by atoms with Crippen LogP contribution in [0.3, 0.4) is 0 Å². The number of benzene rings is 2. The number of rotatable bonds is 9. The fourth-order valence-electron chi connectivity index (χ4n) is 3.55. The first-order chi connectivity index (χ1) is 17.2. The van der Waals surface area contributed by atoms with Gasteiger partial charge in [-0.15, -0.1) is 0 Å². The highest BCUT2D eigenvalue weighted by Gasteiger charge is 2.33. The summed E-state index contributed by atoms with van der Waals surface area (Å²) in [4.78, 5) is 39.6. The number of amides is 1. The zero-order valence-corrected chi connectivity index (χ0v) is 23.4. The summed E-state index contributed by atoms with van der Waals surface area (Å²) in [5.74, 6) is -1.35. The van der Waals surface area contributed by atoms with Gasteiger partial charge in [-0.1, -0.05) is 75.4 Å². The fourth-order valence-corrected chi connectivity index (χ4v) is 3.55. The molecule has 2 atom stereocenters. The Balaban J connectivity index is 2.09. The molecule has 7 nitrogen and oxygen atoms in total. The average molecular weight is 512 g/mol. The first-order valence-electron chi connectivity index (χ1n) is 12.6. The van der Waals surface area contributed by atoms with Gasteiger partial charge in [0.2, 0.25) is 0 Å². The predicted molar refractivity (Wildman–Crippen MR) is 143 cm³/mol. The molecule has 37 heavy (non-hydrogen) atoms. The molecule has 0 aliphatic heterocycles. The molecular weight excluding hydrogens is 470 g/mol. The summed E-state index contributed by atoms with van der Waals surface area (Å²) in [5, 5.41) is 0. The minimum absolute atomic E-state index is 0.0348. The van der Waals surface area contributed by atoms with E-state index in [1.54, 1.807) is 20.8 Å². The predicted octanol–water partition coefficient (Wildman–Crippen LogP) is 5.83. The zero-order chi connectivity index (χ0) is 27.8. The minimum atomic E-state index is -1.13. The van der Waals surface area contributed by atoms with E-state index in [0.717, 1.165) is 11.1 Å². The van der Waals surface area contributed by atoms with Crippen molar-refractivity contribution in [2.75, 3.05) is 7.05 Å². The lowest BCUT2D eigenvalue weighted by molar-refractivity contribution is -0.170. The van der Waals surface area contributed by atoms with E-state index < -0.39 is 35.8 Å². The lowest BCUT2D eigenvalue weighted by Gasteiger charge is -2.30. The first-order valence-corrected chi connectivity index (χ1v) is 12.6. The van der Waals surface area contributed by atoms with Gasteiger partial charge < -0.3 is 14.2 Å². The van der Waals surface area contributed by atoms with Crippen LogP contribution in [0.15, 0.2) is 54.6 Å². The molecule has 0 unspecified atom stereocenters. The van der Waals surface area contributed by atoms with Crippen molar-refractivity contribution in [3.8, 4) is 0 Å². The van der Waals surface area contributed by atoms with E-state index in [4.69, 9.17) is 14.2 Å². The van der Waals surface area contributed by atoms with E-state index in [9.17, 15) is 14.4 Å². The molecule has 2 rings (SSSR count). The van der Waals surface area contributed by atoms with Gasteiger partial charge in [-0.3, -0.25) is 4.90 Å². The van der Waals surface area contributed by atoms with Gasteiger partial charge in [0.25, 0.3) is 0 Å². The number of nitrogens with zero attached hydrogens (tertiary/aromatic N) is 1. The molecule has 0 spiro atoms. The largest absolute Gasteiger partial charge is 0.458 e. The fraction of sp³-hybridized carbons (Fsp3) is 0.500. The van der Waals surface area contributed by atoms with Crippen molar-refractivity contribution in [2.24, 2.45) is 0 Å².